The van der Waals surface area contributed by atoms with Crippen molar-refractivity contribution < 1.29 is 14.3 Å². The van der Waals surface area contributed by atoms with E-state index in [9.17, 15) is 9.59 Å². The van der Waals surface area contributed by atoms with Crippen LogP contribution in [0.5, 0.6) is 0 Å². The molecule has 1 atom stereocenters. The summed E-state index contributed by atoms with van der Waals surface area (Å²) in [6.45, 7) is 6.36. The molecule has 0 saturated carbocycles. The molecule has 0 aliphatic carbocycles. The van der Waals surface area contributed by atoms with Gasteiger partial charge in [-0.25, -0.2) is 0 Å². The minimum absolute atomic E-state index is 0.0610. The van der Waals surface area contributed by atoms with Crippen molar-refractivity contribution in [3.8, 4) is 0 Å². The highest BCUT2D eigenvalue weighted by molar-refractivity contribution is 6.00. The third-order valence-electron chi connectivity index (χ3n) is 5.59. The van der Waals surface area contributed by atoms with Crippen LogP contribution in [0.3, 0.4) is 0 Å². The summed E-state index contributed by atoms with van der Waals surface area (Å²) < 4.78 is 5.43. The fourth-order valence-corrected chi connectivity index (χ4v) is 4.38. The molecule has 2 amide bonds. The van der Waals surface area contributed by atoms with Crippen LogP contribution in [0, 0.1) is 12.3 Å². The first-order valence-electron chi connectivity index (χ1n) is 8.97. The molecule has 1 aromatic rings. The van der Waals surface area contributed by atoms with Crippen molar-refractivity contribution in [2.75, 3.05) is 45.2 Å². The van der Waals surface area contributed by atoms with Crippen molar-refractivity contribution in [1.29, 1.82) is 0 Å². The molecule has 25 heavy (non-hydrogen) atoms. The molecule has 3 aliphatic heterocycles. The lowest BCUT2D eigenvalue weighted by atomic mass is 9.73. The largest absolute Gasteiger partial charge is 0.368 e. The number of carbonyl (C=O) groups is 2. The molecule has 1 unspecified atom stereocenters. The molecule has 1 N–H and O–H groups in total. The highest BCUT2D eigenvalue weighted by Gasteiger charge is 2.52. The van der Waals surface area contributed by atoms with Crippen molar-refractivity contribution in [3.05, 3.63) is 29.3 Å². The minimum atomic E-state index is -0.371. The van der Waals surface area contributed by atoms with Gasteiger partial charge in [0.25, 0.3) is 11.8 Å². The van der Waals surface area contributed by atoms with Crippen molar-refractivity contribution in [3.63, 3.8) is 0 Å². The molecule has 0 radical (unpaired) electrons. The van der Waals surface area contributed by atoms with Gasteiger partial charge in [-0.05, 0) is 44.5 Å². The van der Waals surface area contributed by atoms with Crippen LogP contribution in [0.1, 0.15) is 28.8 Å². The number of hydrogen-bond donors (Lipinski definition) is 1. The van der Waals surface area contributed by atoms with Crippen molar-refractivity contribution in [1.82, 2.24) is 9.80 Å². The maximum Gasteiger partial charge on any atom is 0.254 e. The molecule has 3 aliphatic rings. The summed E-state index contributed by atoms with van der Waals surface area (Å²) in [6, 6.07) is 5.52. The summed E-state index contributed by atoms with van der Waals surface area (Å²) in [5.74, 6) is -0.0588. The first-order chi connectivity index (χ1) is 12.0. The Labute approximate surface area is 148 Å². The summed E-state index contributed by atoms with van der Waals surface area (Å²) in [7, 11) is 2.11. The van der Waals surface area contributed by atoms with E-state index in [2.05, 4.69) is 17.3 Å². The molecule has 3 fully saturated rings. The maximum atomic E-state index is 12.8. The van der Waals surface area contributed by atoms with Gasteiger partial charge in [0.15, 0.2) is 0 Å². The van der Waals surface area contributed by atoms with E-state index in [0.717, 1.165) is 44.6 Å². The lowest BCUT2D eigenvalue weighted by molar-refractivity contribution is -0.124. The van der Waals surface area contributed by atoms with Crippen molar-refractivity contribution in [2.45, 2.75) is 25.9 Å². The Morgan fingerprint density at radius 3 is 2.64 bits per heavy atom. The standard InChI is InChI=1S/C19H25N3O3/c1-13-14(18(24)22-11-19(12-22)9-21(2)10-19)5-3-6-15(13)20-17(23)16-7-4-8-25-16/h3,5-6,16H,4,7-12H2,1-2H3,(H,20,23). The zero-order valence-electron chi connectivity index (χ0n) is 14.9. The smallest absolute Gasteiger partial charge is 0.254 e. The number of ether oxygens (including phenoxy) is 1. The highest BCUT2D eigenvalue weighted by Crippen LogP contribution is 2.39. The third kappa shape index (κ3) is 2.93. The lowest BCUT2D eigenvalue weighted by Crippen LogP contribution is -2.72. The molecule has 6 heteroatoms. The van der Waals surface area contributed by atoms with Gasteiger partial charge in [0, 0.05) is 49.5 Å². The second-order valence-electron chi connectivity index (χ2n) is 7.80. The van der Waals surface area contributed by atoms with E-state index in [4.69, 9.17) is 4.74 Å². The maximum absolute atomic E-state index is 12.8. The van der Waals surface area contributed by atoms with E-state index in [-0.39, 0.29) is 17.9 Å². The van der Waals surface area contributed by atoms with Crippen LogP contribution in [-0.2, 0) is 9.53 Å². The first kappa shape index (κ1) is 16.5. The van der Waals surface area contributed by atoms with Gasteiger partial charge in [0.1, 0.15) is 6.10 Å². The van der Waals surface area contributed by atoms with Gasteiger partial charge in [0.05, 0.1) is 0 Å². The Hall–Kier alpha value is -1.92. The molecular formula is C19H25N3O3. The average molecular weight is 343 g/mol. The van der Waals surface area contributed by atoms with Crippen LogP contribution in [0.4, 0.5) is 5.69 Å². The monoisotopic (exact) mass is 343 g/mol. The summed E-state index contributed by atoms with van der Waals surface area (Å²) in [5.41, 5.74) is 2.52. The molecule has 3 heterocycles. The SMILES string of the molecule is Cc1c(NC(=O)C2CCCO2)cccc1C(=O)N1CC2(CN(C)C2)C1. The van der Waals surface area contributed by atoms with Crippen LogP contribution >= 0.6 is 0 Å². The molecular weight excluding hydrogens is 318 g/mol. The number of nitrogens with zero attached hydrogens (tertiary/aromatic N) is 2. The second-order valence-corrected chi connectivity index (χ2v) is 7.80. The molecule has 4 rings (SSSR count). The summed E-state index contributed by atoms with van der Waals surface area (Å²) in [4.78, 5) is 29.3. The van der Waals surface area contributed by atoms with Gasteiger partial charge in [-0.3, -0.25) is 9.59 Å². The number of amides is 2. The van der Waals surface area contributed by atoms with Crippen LogP contribution in [0.15, 0.2) is 18.2 Å². The quantitative estimate of drug-likeness (QED) is 0.903. The summed E-state index contributed by atoms with van der Waals surface area (Å²) in [5, 5.41) is 2.93. The van der Waals surface area contributed by atoms with Gasteiger partial charge < -0.3 is 19.9 Å². The first-order valence-corrected chi connectivity index (χ1v) is 8.97. The summed E-state index contributed by atoms with van der Waals surface area (Å²) in [6.07, 6.45) is 1.31. The van der Waals surface area contributed by atoms with E-state index < -0.39 is 0 Å². The van der Waals surface area contributed by atoms with Crippen molar-refractivity contribution >= 4 is 17.5 Å². The van der Waals surface area contributed by atoms with E-state index in [0.29, 0.717) is 23.3 Å². The average Bonchev–Trinajstić information content (AvgIpc) is 3.05. The minimum Gasteiger partial charge on any atom is -0.368 e. The van der Waals surface area contributed by atoms with E-state index >= 15 is 0 Å². The van der Waals surface area contributed by atoms with Gasteiger partial charge in [-0.1, -0.05) is 6.07 Å². The third-order valence-corrected chi connectivity index (χ3v) is 5.59. The summed E-state index contributed by atoms with van der Waals surface area (Å²) >= 11 is 0. The van der Waals surface area contributed by atoms with Gasteiger partial charge in [-0.15, -0.1) is 0 Å². The molecule has 3 saturated heterocycles. The van der Waals surface area contributed by atoms with E-state index in [1.54, 1.807) is 0 Å². The molecule has 0 aromatic heterocycles. The van der Waals surface area contributed by atoms with Crippen LogP contribution in [0.2, 0.25) is 0 Å². The van der Waals surface area contributed by atoms with Gasteiger partial charge >= 0.3 is 0 Å². The molecule has 1 aromatic carbocycles. The Balaban J connectivity index is 1.44. The fraction of sp³-hybridized carbons (Fsp3) is 0.579. The number of rotatable bonds is 3. The zero-order chi connectivity index (χ0) is 17.6. The van der Waals surface area contributed by atoms with Gasteiger partial charge in [0.2, 0.25) is 0 Å². The Bertz CT molecular complexity index is 698. The number of carbonyl (C=O) groups excluding carboxylic acids is 2. The van der Waals surface area contributed by atoms with Gasteiger partial charge in [-0.2, -0.15) is 0 Å². The van der Waals surface area contributed by atoms with Crippen molar-refractivity contribution in [2.24, 2.45) is 5.41 Å². The zero-order valence-corrected chi connectivity index (χ0v) is 14.9. The number of nitrogens with one attached hydrogen (secondary N) is 1. The van der Waals surface area contributed by atoms with Crippen LogP contribution < -0.4 is 5.32 Å². The Morgan fingerprint density at radius 1 is 1.24 bits per heavy atom. The molecule has 134 valence electrons. The Kier molecular flexibility index (Phi) is 4.04. The predicted molar refractivity (Wildman–Crippen MR) is 94.6 cm³/mol. The number of hydrogen-bond acceptors (Lipinski definition) is 4. The topological polar surface area (TPSA) is 61.9 Å². The highest BCUT2D eigenvalue weighted by atomic mass is 16.5. The van der Waals surface area contributed by atoms with E-state index in [1.807, 2.05) is 30.0 Å². The predicted octanol–water partition coefficient (Wildman–Crippen LogP) is 1.50. The molecule has 1 spiro atoms. The molecule has 0 bridgehead atoms. The molecule has 6 nitrogen and oxygen atoms in total. The number of likely N-dealkylation sites (tertiary alicyclic amines) is 2. The Morgan fingerprint density at radius 2 is 2.00 bits per heavy atom. The van der Waals surface area contributed by atoms with E-state index in [1.165, 1.54) is 0 Å². The number of anilines is 1. The fourth-order valence-electron chi connectivity index (χ4n) is 4.38. The van der Waals surface area contributed by atoms with Crippen LogP contribution in [0.25, 0.3) is 0 Å². The normalized spacial score (nSPS) is 24.7. The second kappa shape index (κ2) is 6.11. The lowest BCUT2D eigenvalue weighted by Gasteiger charge is -2.59. The number of benzene rings is 1. The van der Waals surface area contributed by atoms with Crippen LogP contribution in [-0.4, -0.2) is 67.6 Å².